The quantitative estimate of drug-likeness (QED) is 0.438. The third-order valence-corrected chi connectivity index (χ3v) is 1.08. The third-order valence-electron chi connectivity index (χ3n) is 1.08. The largest absolute Gasteiger partial charge is 0.370 e. The molecular formula is C7H13NO. The maximum Gasteiger partial charge on any atom is 0.217 e. The van der Waals surface area contributed by atoms with Gasteiger partial charge in [0.25, 0.3) is 0 Å². The second-order valence-electron chi connectivity index (χ2n) is 2.00. The first-order valence-electron chi connectivity index (χ1n) is 3.16. The number of hydrogen-bond donors (Lipinski definition) is 1. The molecule has 52 valence electrons. The maximum absolute atomic E-state index is 10.2. The molecular weight excluding hydrogens is 114 g/mol. The first-order valence-corrected chi connectivity index (χ1v) is 3.16. The zero-order valence-corrected chi connectivity index (χ0v) is 5.60. The Labute approximate surface area is 55.7 Å². The van der Waals surface area contributed by atoms with E-state index in [2.05, 4.69) is 6.58 Å². The van der Waals surface area contributed by atoms with Gasteiger partial charge in [0.15, 0.2) is 0 Å². The summed E-state index contributed by atoms with van der Waals surface area (Å²) in [5.41, 5.74) is 4.91. The number of amides is 1. The summed E-state index contributed by atoms with van der Waals surface area (Å²) in [5, 5.41) is 0. The van der Waals surface area contributed by atoms with Gasteiger partial charge in [-0.05, 0) is 19.3 Å². The van der Waals surface area contributed by atoms with E-state index in [1.165, 1.54) is 0 Å². The Morgan fingerprint density at radius 2 is 2.22 bits per heavy atom. The lowest BCUT2D eigenvalue weighted by Crippen LogP contribution is -2.09. The number of hydrogen-bond acceptors (Lipinski definition) is 1. The topological polar surface area (TPSA) is 43.1 Å². The average Bonchev–Trinajstić information content (AvgIpc) is 1.80. The highest BCUT2D eigenvalue weighted by Gasteiger charge is 1.91. The van der Waals surface area contributed by atoms with Gasteiger partial charge in [-0.3, -0.25) is 4.79 Å². The molecule has 0 spiro atoms. The van der Waals surface area contributed by atoms with Crippen molar-refractivity contribution < 1.29 is 4.79 Å². The van der Waals surface area contributed by atoms with Gasteiger partial charge in [0.1, 0.15) is 0 Å². The molecule has 0 saturated carbocycles. The minimum Gasteiger partial charge on any atom is -0.370 e. The molecule has 0 rings (SSSR count). The Morgan fingerprint density at radius 1 is 1.56 bits per heavy atom. The summed E-state index contributed by atoms with van der Waals surface area (Å²) in [6, 6.07) is 0. The maximum atomic E-state index is 10.2. The highest BCUT2D eigenvalue weighted by molar-refractivity contribution is 5.73. The van der Waals surface area contributed by atoms with Crippen LogP contribution in [0.4, 0.5) is 0 Å². The molecule has 0 aromatic heterocycles. The van der Waals surface area contributed by atoms with Gasteiger partial charge in [0.2, 0.25) is 5.91 Å². The van der Waals surface area contributed by atoms with Crippen molar-refractivity contribution in [3.8, 4) is 0 Å². The number of unbranched alkanes of at least 4 members (excludes halogenated alkanes) is 2. The van der Waals surface area contributed by atoms with Crippen LogP contribution in [0, 0.1) is 0 Å². The van der Waals surface area contributed by atoms with Crippen LogP contribution in [0.3, 0.4) is 0 Å². The molecule has 0 radical (unpaired) electrons. The van der Waals surface area contributed by atoms with E-state index in [0.29, 0.717) is 6.42 Å². The fourth-order valence-corrected chi connectivity index (χ4v) is 0.588. The summed E-state index contributed by atoms with van der Waals surface area (Å²) < 4.78 is 0. The summed E-state index contributed by atoms with van der Waals surface area (Å²) in [4.78, 5) is 10.2. The normalized spacial score (nSPS) is 8.89. The highest BCUT2D eigenvalue weighted by Crippen LogP contribution is 1.98. The lowest BCUT2D eigenvalue weighted by molar-refractivity contribution is -0.118. The second kappa shape index (κ2) is 5.35. The lowest BCUT2D eigenvalue weighted by Gasteiger charge is -1.91. The van der Waals surface area contributed by atoms with Crippen LogP contribution in [0.1, 0.15) is 25.7 Å². The first-order chi connectivity index (χ1) is 4.27. The Morgan fingerprint density at radius 3 is 2.67 bits per heavy atom. The molecule has 2 nitrogen and oxygen atoms in total. The monoisotopic (exact) mass is 127 g/mol. The molecule has 0 unspecified atom stereocenters. The number of primary amides is 1. The van der Waals surface area contributed by atoms with Crippen molar-refractivity contribution in [1.29, 1.82) is 0 Å². The molecule has 0 fully saturated rings. The van der Waals surface area contributed by atoms with Gasteiger partial charge in [-0.2, -0.15) is 0 Å². The molecule has 2 N–H and O–H groups in total. The van der Waals surface area contributed by atoms with Crippen molar-refractivity contribution in [3.63, 3.8) is 0 Å². The zero-order chi connectivity index (χ0) is 7.11. The van der Waals surface area contributed by atoms with Crippen molar-refractivity contribution in [2.45, 2.75) is 25.7 Å². The minimum atomic E-state index is -0.209. The van der Waals surface area contributed by atoms with Crippen LogP contribution >= 0.6 is 0 Å². The van der Waals surface area contributed by atoms with Crippen molar-refractivity contribution >= 4 is 5.91 Å². The summed E-state index contributed by atoms with van der Waals surface area (Å²) in [7, 11) is 0. The van der Waals surface area contributed by atoms with Crippen molar-refractivity contribution in [2.24, 2.45) is 5.73 Å². The van der Waals surface area contributed by atoms with Gasteiger partial charge >= 0.3 is 0 Å². The number of allylic oxidation sites excluding steroid dienone is 1. The minimum absolute atomic E-state index is 0.209. The Hall–Kier alpha value is -0.790. The van der Waals surface area contributed by atoms with Gasteiger partial charge in [-0.15, -0.1) is 6.58 Å². The van der Waals surface area contributed by atoms with Gasteiger partial charge in [-0.1, -0.05) is 6.08 Å². The predicted octanol–water partition coefficient (Wildman–Crippen LogP) is 1.22. The van der Waals surface area contributed by atoms with Crippen molar-refractivity contribution in [2.75, 3.05) is 0 Å². The molecule has 0 aromatic rings. The van der Waals surface area contributed by atoms with Crippen LogP contribution in [-0.2, 0) is 4.79 Å². The van der Waals surface area contributed by atoms with Crippen LogP contribution in [0.15, 0.2) is 12.7 Å². The van der Waals surface area contributed by atoms with Gasteiger partial charge in [0, 0.05) is 6.42 Å². The molecule has 0 atom stereocenters. The van der Waals surface area contributed by atoms with Crippen LogP contribution in [0.5, 0.6) is 0 Å². The fraction of sp³-hybridized carbons (Fsp3) is 0.571. The van der Waals surface area contributed by atoms with Crippen molar-refractivity contribution in [1.82, 2.24) is 0 Å². The Balaban J connectivity index is 2.91. The van der Waals surface area contributed by atoms with E-state index in [9.17, 15) is 4.79 Å². The molecule has 0 aliphatic rings. The molecule has 0 saturated heterocycles. The van der Waals surface area contributed by atoms with E-state index in [-0.39, 0.29) is 5.91 Å². The fourth-order valence-electron chi connectivity index (χ4n) is 0.588. The predicted molar refractivity (Wildman–Crippen MR) is 37.9 cm³/mol. The molecule has 9 heavy (non-hydrogen) atoms. The molecule has 1 amide bonds. The third kappa shape index (κ3) is 7.21. The molecule has 2 heteroatoms. The Kier molecular flexibility index (Phi) is 4.88. The van der Waals surface area contributed by atoms with E-state index in [1.807, 2.05) is 6.08 Å². The number of carbonyl (C=O) groups is 1. The summed E-state index contributed by atoms with van der Waals surface area (Å²) >= 11 is 0. The number of nitrogens with two attached hydrogens (primary N) is 1. The van der Waals surface area contributed by atoms with E-state index >= 15 is 0 Å². The molecule has 0 aromatic carbocycles. The van der Waals surface area contributed by atoms with Gasteiger partial charge < -0.3 is 5.73 Å². The second-order valence-corrected chi connectivity index (χ2v) is 2.00. The van der Waals surface area contributed by atoms with E-state index in [1.54, 1.807) is 0 Å². The Bertz CT molecular complexity index is 99.1. The van der Waals surface area contributed by atoms with E-state index in [0.717, 1.165) is 19.3 Å². The summed E-state index contributed by atoms with van der Waals surface area (Å²) in [6.45, 7) is 3.56. The van der Waals surface area contributed by atoms with Crippen LogP contribution in [0.25, 0.3) is 0 Å². The number of rotatable bonds is 5. The highest BCUT2D eigenvalue weighted by atomic mass is 16.1. The van der Waals surface area contributed by atoms with Gasteiger partial charge in [0.05, 0.1) is 0 Å². The molecule has 0 aliphatic heterocycles. The molecule has 0 heterocycles. The smallest absolute Gasteiger partial charge is 0.217 e. The van der Waals surface area contributed by atoms with E-state index in [4.69, 9.17) is 5.73 Å². The average molecular weight is 127 g/mol. The van der Waals surface area contributed by atoms with Crippen LogP contribution in [-0.4, -0.2) is 5.91 Å². The summed E-state index contributed by atoms with van der Waals surface area (Å²) in [5.74, 6) is -0.209. The van der Waals surface area contributed by atoms with Crippen LogP contribution < -0.4 is 5.73 Å². The standard InChI is InChI=1S/C7H13NO/c1-2-3-4-5-6-7(8)9/h2H,1,3-6H2,(H2,8,9). The molecule has 0 aliphatic carbocycles. The van der Waals surface area contributed by atoms with Gasteiger partial charge in [-0.25, -0.2) is 0 Å². The van der Waals surface area contributed by atoms with Crippen molar-refractivity contribution in [3.05, 3.63) is 12.7 Å². The van der Waals surface area contributed by atoms with E-state index < -0.39 is 0 Å². The SMILES string of the molecule is C=CCCCCC(N)=O. The lowest BCUT2D eigenvalue weighted by atomic mass is 10.2. The van der Waals surface area contributed by atoms with Crippen LogP contribution in [0.2, 0.25) is 0 Å². The molecule has 0 bridgehead atoms. The summed E-state index contributed by atoms with van der Waals surface area (Å²) in [6.07, 6.45) is 5.25. The zero-order valence-electron chi connectivity index (χ0n) is 5.60. The number of carbonyl (C=O) groups excluding carboxylic acids is 1. The first kappa shape index (κ1) is 8.21.